The molecule has 214 valence electrons. The number of hydrogen-bond donors (Lipinski definition) is 2. The van der Waals surface area contributed by atoms with Crippen molar-refractivity contribution in [3.63, 3.8) is 0 Å². The van der Waals surface area contributed by atoms with Gasteiger partial charge in [-0.15, -0.1) is 0 Å². The van der Waals surface area contributed by atoms with E-state index in [1.54, 1.807) is 24.3 Å². The van der Waals surface area contributed by atoms with Gasteiger partial charge < -0.3 is 29.0 Å². The summed E-state index contributed by atoms with van der Waals surface area (Å²) >= 11 is 0. The SMILES string of the molecule is CCCCCCCCCCCCCCn1c(-c2ccc(O)c(OC)c2)c(OC)c(=O)c2c(O)cc(OC)cc21. The lowest BCUT2D eigenvalue weighted by molar-refractivity contribution is 0.373. The minimum Gasteiger partial charge on any atom is -0.507 e. The summed E-state index contributed by atoms with van der Waals surface area (Å²) < 4.78 is 18.4. The zero-order chi connectivity index (χ0) is 28.2. The van der Waals surface area contributed by atoms with Crippen molar-refractivity contribution in [2.24, 2.45) is 0 Å². The Kier molecular flexibility index (Phi) is 11.8. The molecule has 0 spiro atoms. The zero-order valence-electron chi connectivity index (χ0n) is 24.1. The Morgan fingerprint density at radius 1 is 0.718 bits per heavy atom. The van der Waals surface area contributed by atoms with Crippen LogP contribution in [0.4, 0.5) is 0 Å². The third-order valence-corrected chi connectivity index (χ3v) is 7.41. The first-order valence-corrected chi connectivity index (χ1v) is 14.4. The molecule has 0 atom stereocenters. The number of methoxy groups -OCH3 is 3. The molecule has 1 aromatic heterocycles. The molecule has 0 aliphatic heterocycles. The maximum atomic E-state index is 13.5. The Morgan fingerprint density at radius 2 is 1.33 bits per heavy atom. The van der Waals surface area contributed by atoms with Gasteiger partial charge in [0.25, 0.3) is 0 Å². The van der Waals surface area contributed by atoms with Crippen LogP contribution in [0.15, 0.2) is 35.1 Å². The lowest BCUT2D eigenvalue weighted by Gasteiger charge is -2.21. The second kappa shape index (κ2) is 15.3. The number of unbranched alkanes of at least 4 members (excludes halogenated alkanes) is 11. The highest BCUT2D eigenvalue weighted by atomic mass is 16.5. The number of pyridine rings is 1. The van der Waals surface area contributed by atoms with Crippen LogP contribution in [0, 0.1) is 0 Å². The maximum Gasteiger partial charge on any atom is 0.235 e. The largest absolute Gasteiger partial charge is 0.507 e. The number of ether oxygens (including phenoxy) is 3. The van der Waals surface area contributed by atoms with Gasteiger partial charge in [0, 0.05) is 24.2 Å². The smallest absolute Gasteiger partial charge is 0.235 e. The molecule has 0 amide bonds. The highest BCUT2D eigenvalue weighted by Gasteiger charge is 2.23. The summed E-state index contributed by atoms with van der Waals surface area (Å²) in [6.45, 7) is 2.87. The van der Waals surface area contributed by atoms with E-state index in [1.165, 1.54) is 85.2 Å². The molecule has 7 nitrogen and oxygen atoms in total. The Bertz CT molecular complexity index is 1270. The molecule has 1 heterocycles. The van der Waals surface area contributed by atoms with Crippen molar-refractivity contribution >= 4 is 10.9 Å². The van der Waals surface area contributed by atoms with Gasteiger partial charge in [0.1, 0.15) is 11.5 Å². The minimum absolute atomic E-state index is 0.00942. The number of hydrogen-bond acceptors (Lipinski definition) is 6. The fourth-order valence-electron chi connectivity index (χ4n) is 5.26. The van der Waals surface area contributed by atoms with Gasteiger partial charge in [-0.3, -0.25) is 4.79 Å². The number of nitrogens with zero attached hydrogens (tertiary/aromatic N) is 1. The molecule has 0 radical (unpaired) electrons. The molecule has 0 aliphatic rings. The monoisotopic (exact) mass is 539 g/mol. The van der Waals surface area contributed by atoms with Crippen LogP contribution in [0.2, 0.25) is 0 Å². The van der Waals surface area contributed by atoms with Crippen molar-refractivity contribution in [2.45, 2.75) is 90.5 Å². The predicted molar refractivity (Wildman–Crippen MR) is 158 cm³/mol. The van der Waals surface area contributed by atoms with E-state index in [0.29, 0.717) is 34.8 Å². The van der Waals surface area contributed by atoms with Gasteiger partial charge in [0.05, 0.1) is 37.9 Å². The van der Waals surface area contributed by atoms with Crippen LogP contribution in [0.3, 0.4) is 0 Å². The number of phenolic OH excluding ortho intramolecular Hbond substituents is 2. The van der Waals surface area contributed by atoms with Crippen LogP contribution < -0.4 is 19.6 Å². The molecular weight excluding hydrogens is 494 g/mol. The standard InChI is InChI=1S/C32H45NO6/c1-5-6-7-8-9-10-11-12-13-14-15-16-19-33-25-21-24(37-2)22-27(35)29(25)31(36)32(39-4)30(33)23-17-18-26(34)28(20-23)38-3/h17-18,20-22,34-35H,5-16,19H2,1-4H3. The Balaban J connectivity index is 1.83. The third-order valence-electron chi connectivity index (χ3n) is 7.41. The van der Waals surface area contributed by atoms with Gasteiger partial charge in [-0.25, -0.2) is 0 Å². The van der Waals surface area contributed by atoms with Crippen LogP contribution in [0.5, 0.6) is 28.7 Å². The summed E-state index contributed by atoms with van der Waals surface area (Å²) in [6, 6.07) is 8.19. The topological polar surface area (TPSA) is 90.2 Å². The molecule has 0 fully saturated rings. The van der Waals surface area contributed by atoms with Crippen molar-refractivity contribution in [3.8, 4) is 40.0 Å². The summed E-state index contributed by atoms with van der Waals surface area (Å²) in [5.74, 6) is 0.755. The predicted octanol–water partition coefficient (Wildman–Crippen LogP) is 7.81. The fraction of sp³-hybridized carbons (Fsp3) is 0.531. The number of fused-ring (bicyclic) bond motifs is 1. The average molecular weight is 540 g/mol. The van der Waals surface area contributed by atoms with Gasteiger partial charge in [0.15, 0.2) is 17.2 Å². The van der Waals surface area contributed by atoms with Gasteiger partial charge in [0.2, 0.25) is 5.43 Å². The molecule has 7 heteroatoms. The lowest BCUT2D eigenvalue weighted by Crippen LogP contribution is -2.16. The molecule has 0 bridgehead atoms. The number of rotatable bonds is 17. The van der Waals surface area contributed by atoms with E-state index in [0.717, 1.165) is 19.3 Å². The minimum atomic E-state index is -0.402. The number of aromatic hydroxyl groups is 2. The molecule has 3 aromatic rings. The van der Waals surface area contributed by atoms with Gasteiger partial charge >= 0.3 is 0 Å². The summed E-state index contributed by atoms with van der Waals surface area (Å²) in [7, 11) is 4.47. The van der Waals surface area contributed by atoms with Crippen molar-refractivity contribution in [2.75, 3.05) is 21.3 Å². The van der Waals surface area contributed by atoms with Crippen LogP contribution in [0.1, 0.15) is 84.0 Å². The molecule has 3 rings (SSSR count). The van der Waals surface area contributed by atoms with E-state index in [4.69, 9.17) is 14.2 Å². The molecule has 2 N–H and O–H groups in total. The number of aryl methyl sites for hydroxylation is 1. The van der Waals surface area contributed by atoms with E-state index in [-0.39, 0.29) is 22.6 Å². The zero-order valence-corrected chi connectivity index (χ0v) is 24.1. The van der Waals surface area contributed by atoms with E-state index < -0.39 is 5.43 Å². The van der Waals surface area contributed by atoms with Gasteiger partial charge in [-0.1, -0.05) is 77.6 Å². The van der Waals surface area contributed by atoms with E-state index in [2.05, 4.69) is 6.92 Å². The number of aromatic nitrogens is 1. The Morgan fingerprint density at radius 3 is 1.90 bits per heavy atom. The Hall–Kier alpha value is -3.35. The first kappa shape index (κ1) is 30.2. The molecule has 39 heavy (non-hydrogen) atoms. The van der Waals surface area contributed by atoms with Crippen LogP contribution in [-0.4, -0.2) is 36.1 Å². The summed E-state index contributed by atoms with van der Waals surface area (Å²) in [5.41, 5.74) is 1.41. The van der Waals surface area contributed by atoms with Crippen LogP contribution >= 0.6 is 0 Å². The highest BCUT2D eigenvalue weighted by molar-refractivity contribution is 5.91. The fourth-order valence-corrected chi connectivity index (χ4v) is 5.26. The normalized spacial score (nSPS) is 11.2. The lowest BCUT2D eigenvalue weighted by atomic mass is 10.0. The van der Waals surface area contributed by atoms with Gasteiger partial charge in [-0.2, -0.15) is 0 Å². The third kappa shape index (κ3) is 7.61. The number of phenols is 2. The maximum absolute atomic E-state index is 13.5. The summed E-state index contributed by atoms with van der Waals surface area (Å²) in [5, 5.41) is 21.1. The highest BCUT2D eigenvalue weighted by Crippen LogP contribution is 2.39. The molecule has 0 saturated carbocycles. The second-order valence-corrected chi connectivity index (χ2v) is 10.2. The van der Waals surface area contributed by atoms with Crippen LogP contribution in [-0.2, 0) is 6.54 Å². The molecule has 2 aromatic carbocycles. The summed E-state index contributed by atoms with van der Waals surface area (Å²) in [4.78, 5) is 13.5. The van der Waals surface area contributed by atoms with Crippen molar-refractivity contribution in [3.05, 3.63) is 40.6 Å². The number of benzene rings is 2. The average Bonchev–Trinajstić information content (AvgIpc) is 2.94. The summed E-state index contributed by atoms with van der Waals surface area (Å²) in [6.07, 6.45) is 15.0. The Labute approximate surface area is 232 Å². The van der Waals surface area contributed by atoms with E-state index >= 15 is 0 Å². The van der Waals surface area contributed by atoms with E-state index in [9.17, 15) is 15.0 Å². The second-order valence-electron chi connectivity index (χ2n) is 10.2. The molecule has 0 unspecified atom stereocenters. The molecular formula is C32H45NO6. The quantitative estimate of drug-likeness (QED) is 0.170. The van der Waals surface area contributed by atoms with Crippen LogP contribution in [0.25, 0.3) is 22.2 Å². The molecule has 0 aliphatic carbocycles. The van der Waals surface area contributed by atoms with Crippen molar-refractivity contribution in [1.82, 2.24) is 4.57 Å². The van der Waals surface area contributed by atoms with Crippen molar-refractivity contribution < 1.29 is 24.4 Å². The van der Waals surface area contributed by atoms with Crippen molar-refractivity contribution in [1.29, 1.82) is 0 Å². The molecule has 0 saturated heterocycles. The van der Waals surface area contributed by atoms with Gasteiger partial charge in [-0.05, 0) is 24.6 Å². The van der Waals surface area contributed by atoms with E-state index in [1.807, 2.05) is 4.57 Å². The first-order valence-electron chi connectivity index (χ1n) is 14.4. The first-order chi connectivity index (χ1) is 19.0.